The molecule has 1 N–H and O–H groups in total. The molecule has 0 aliphatic heterocycles. The van der Waals surface area contributed by atoms with Crippen molar-refractivity contribution in [2.24, 2.45) is 0 Å². The van der Waals surface area contributed by atoms with Crippen LogP contribution in [0.4, 0.5) is 0 Å². The molecule has 0 saturated heterocycles. The molecule has 3 nitrogen and oxygen atoms in total. The third kappa shape index (κ3) is 3.41. The Bertz CT molecular complexity index is 516. The number of sulfone groups is 1. The summed E-state index contributed by atoms with van der Waals surface area (Å²) in [4.78, 5) is 0.367. The van der Waals surface area contributed by atoms with Crippen LogP contribution in [0.15, 0.2) is 35.2 Å². The minimum atomic E-state index is -3.35. The van der Waals surface area contributed by atoms with Gasteiger partial charge in [0.1, 0.15) is 0 Å². The molecular formula is C16H24O3S. The van der Waals surface area contributed by atoms with E-state index in [1.807, 2.05) is 13.0 Å². The van der Waals surface area contributed by atoms with Crippen LogP contribution in [0.1, 0.15) is 51.9 Å². The number of aliphatic hydroxyl groups is 1. The van der Waals surface area contributed by atoms with Gasteiger partial charge in [0.2, 0.25) is 0 Å². The van der Waals surface area contributed by atoms with E-state index in [0.29, 0.717) is 17.7 Å². The first-order valence-corrected chi connectivity index (χ1v) is 9.04. The van der Waals surface area contributed by atoms with Gasteiger partial charge in [-0.05, 0) is 37.8 Å². The Kier molecular flexibility index (Phi) is 4.86. The molecule has 0 aromatic heterocycles. The molecule has 0 bridgehead atoms. The average Bonchev–Trinajstić information content (AvgIpc) is 2.46. The fourth-order valence-corrected chi connectivity index (χ4v) is 5.00. The summed E-state index contributed by atoms with van der Waals surface area (Å²) < 4.78 is 25.3. The highest BCUT2D eigenvalue weighted by Crippen LogP contribution is 2.35. The first kappa shape index (κ1) is 15.5. The SMILES string of the molecule is CCC(CC1(O)CCCCC1)S(=O)(=O)c1ccccc1. The van der Waals surface area contributed by atoms with Crippen LogP contribution in [0.2, 0.25) is 0 Å². The third-order valence-corrected chi connectivity index (χ3v) is 6.66. The molecule has 0 amide bonds. The van der Waals surface area contributed by atoms with Crippen LogP contribution in [-0.2, 0) is 9.84 Å². The van der Waals surface area contributed by atoms with E-state index in [1.54, 1.807) is 24.3 Å². The summed E-state index contributed by atoms with van der Waals surface area (Å²) in [6, 6.07) is 8.59. The summed E-state index contributed by atoms with van der Waals surface area (Å²) in [5.74, 6) is 0. The van der Waals surface area contributed by atoms with E-state index in [-0.39, 0.29) is 0 Å². The molecule has 0 heterocycles. The van der Waals surface area contributed by atoms with Crippen LogP contribution in [-0.4, -0.2) is 24.4 Å². The van der Waals surface area contributed by atoms with Crippen molar-refractivity contribution in [2.45, 2.75) is 67.6 Å². The van der Waals surface area contributed by atoms with Crippen molar-refractivity contribution in [3.05, 3.63) is 30.3 Å². The molecule has 2 rings (SSSR count). The maximum absolute atomic E-state index is 12.7. The molecule has 0 radical (unpaired) electrons. The smallest absolute Gasteiger partial charge is 0.181 e. The minimum absolute atomic E-state index is 0.362. The van der Waals surface area contributed by atoms with Crippen LogP contribution < -0.4 is 0 Å². The van der Waals surface area contributed by atoms with Gasteiger partial charge >= 0.3 is 0 Å². The fourth-order valence-electron chi connectivity index (χ4n) is 3.11. The molecule has 1 saturated carbocycles. The molecule has 112 valence electrons. The Morgan fingerprint density at radius 3 is 2.30 bits per heavy atom. The highest BCUT2D eigenvalue weighted by atomic mass is 32.2. The third-order valence-electron chi connectivity index (χ3n) is 4.36. The Hall–Kier alpha value is -0.870. The first-order valence-electron chi connectivity index (χ1n) is 7.49. The van der Waals surface area contributed by atoms with E-state index < -0.39 is 20.7 Å². The second-order valence-electron chi connectivity index (χ2n) is 5.88. The average molecular weight is 296 g/mol. The van der Waals surface area contributed by atoms with Gasteiger partial charge in [0.25, 0.3) is 0 Å². The second kappa shape index (κ2) is 6.27. The molecule has 1 aromatic rings. The van der Waals surface area contributed by atoms with Crippen molar-refractivity contribution >= 4 is 9.84 Å². The second-order valence-corrected chi connectivity index (χ2v) is 8.11. The van der Waals surface area contributed by atoms with E-state index in [0.717, 1.165) is 32.1 Å². The zero-order valence-corrected chi connectivity index (χ0v) is 12.9. The fraction of sp³-hybridized carbons (Fsp3) is 0.625. The molecule has 1 unspecified atom stereocenters. The van der Waals surface area contributed by atoms with Gasteiger partial charge in [-0.25, -0.2) is 8.42 Å². The summed E-state index contributed by atoms with van der Waals surface area (Å²) in [6.45, 7) is 1.89. The molecule has 1 aliphatic carbocycles. The number of hydrogen-bond acceptors (Lipinski definition) is 3. The van der Waals surface area contributed by atoms with Gasteiger partial charge in [-0.1, -0.05) is 44.4 Å². The van der Waals surface area contributed by atoms with Crippen LogP contribution >= 0.6 is 0 Å². The predicted octanol–water partition coefficient (Wildman–Crippen LogP) is 3.32. The predicted molar refractivity (Wildman–Crippen MR) is 80.4 cm³/mol. The summed E-state index contributed by atoms with van der Waals surface area (Å²) in [5.41, 5.74) is -0.791. The Labute approximate surface area is 121 Å². The molecule has 4 heteroatoms. The van der Waals surface area contributed by atoms with Gasteiger partial charge in [0.05, 0.1) is 15.7 Å². The summed E-state index contributed by atoms with van der Waals surface area (Å²) in [7, 11) is -3.35. The van der Waals surface area contributed by atoms with Crippen molar-refractivity contribution in [3.8, 4) is 0 Å². The van der Waals surface area contributed by atoms with E-state index in [4.69, 9.17) is 0 Å². The summed E-state index contributed by atoms with van der Waals surface area (Å²) in [6.07, 6.45) is 5.50. The molecule has 20 heavy (non-hydrogen) atoms. The Morgan fingerprint density at radius 2 is 1.75 bits per heavy atom. The van der Waals surface area contributed by atoms with Crippen LogP contribution in [0.5, 0.6) is 0 Å². The van der Waals surface area contributed by atoms with Gasteiger partial charge in [0.15, 0.2) is 9.84 Å². The zero-order valence-electron chi connectivity index (χ0n) is 12.1. The van der Waals surface area contributed by atoms with Crippen molar-refractivity contribution < 1.29 is 13.5 Å². The molecule has 1 aromatic carbocycles. The van der Waals surface area contributed by atoms with E-state index in [9.17, 15) is 13.5 Å². The lowest BCUT2D eigenvalue weighted by molar-refractivity contribution is -0.00469. The standard InChI is InChI=1S/C16H24O3S/c1-2-14(13-16(17)11-7-4-8-12-16)20(18,19)15-9-5-3-6-10-15/h3,5-6,9-10,14,17H,2,4,7-8,11-13H2,1H3. The molecule has 0 spiro atoms. The van der Waals surface area contributed by atoms with E-state index >= 15 is 0 Å². The highest BCUT2D eigenvalue weighted by Gasteiger charge is 2.37. The van der Waals surface area contributed by atoms with Crippen molar-refractivity contribution in [3.63, 3.8) is 0 Å². The van der Waals surface area contributed by atoms with Crippen LogP contribution in [0, 0.1) is 0 Å². The lowest BCUT2D eigenvalue weighted by atomic mass is 9.81. The maximum atomic E-state index is 12.7. The summed E-state index contributed by atoms with van der Waals surface area (Å²) in [5, 5.41) is 10.1. The molecule has 1 fully saturated rings. The quantitative estimate of drug-likeness (QED) is 0.907. The van der Waals surface area contributed by atoms with Crippen molar-refractivity contribution in [2.75, 3.05) is 0 Å². The van der Waals surface area contributed by atoms with Crippen LogP contribution in [0.25, 0.3) is 0 Å². The Morgan fingerprint density at radius 1 is 1.15 bits per heavy atom. The van der Waals surface area contributed by atoms with Gasteiger partial charge in [-0.3, -0.25) is 0 Å². The molecule has 1 atom stereocenters. The first-order chi connectivity index (χ1) is 9.48. The lowest BCUT2D eigenvalue weighted by Gasteiger charge is -2.34. The normalized spacial score (nSPS) is 20.5. The number of hydrogen-bond donors (Lipinski definition) is 1. The molecule has 1 aliphatic rings. The maximum Gasteiger partial charge on any atom is 0.181 e. The van der Waals surface area contributed by atoms with Gasteiger partial charge in [-0.2, -0.15) is 0 Å². The van der Waals surface area contributed by atoms with Crippen molar-refractivity contribution in [1.82, 2.24) is 0 Å². The zero-order chi connectivity index (χ0) is 14.6. The van der Waals surface area contributed by atoms with E-state index in [1.165, 1.54) is 0 Å². The van der Waals surface area contributed by atoms with Gasteiger partial charge in [0, 0.05) is 0 Å². The highest BCUT2D eigenvalue weighted by molar-refractivity contribution is 7.92. The Balaban J connectivity index is 2.19. The van der Waals surface area contributed by atoms with Gasteiger partial charge < -0.3 is 5.11 Å². The monoisotopic (exact) mass is 296 g/mol. The van der Waals surface area contributed by atoms with Gasteiger partial charge in [-0.15, -0.1) is 0 Å². The van der Waals surface area contributed by atoms with Crippen LogP contribution in [0.3, 0.4) is 0 Å². The minimum Gasteiger partial charge on any atom is -0.390 e. The molecular weight excluding hydrogens is 272 g/mol. The number of benzene rings is 1. The van der Waals surface area contributed by atoms with E-state index in [2.05, 4.69) is 0 Å². The number of rotatable bonds is 5. The topological polar surface area (TPSA) is 54.4 Å². The summed E-state index contributed by atoms with van der Waals surface area (Å²) >= 11 is 0. The largest absolute Gasteiger partial charge is 0.390 e. The van der Waals surface area contributed by atoms with Crippen molar-refractivity contribution in [1.29, 1.82) is 0 Å². The lowest BCUT2D eigenvalue weighted by Crippen LogP contribution is -2.38.